The van der Waals surface area contributed by atoms with Crippen molar-refractivity contribution in [1.29, 1.82) is 0 Å². The van der Waals surface area contributed by atoms with Crippen molar-refractivity contribution in [1.82, 2.24) is 0 Å². The van der Waals surface area contributed by atoms with Gasteiger partial charge in [-0.2, -0.15) is 0 Å². The van der Waals surface area contributed by atoms with E-state index in [4.69, 9.17) is 4.74 Å². The highest BCUT2D eigenvalue weighted by Crippen LogP contribution is 2.82. The summed E-state index contributed by atoms with van der Waals surface area (Å²) in [4.78, 5) is 11.9. The van der Waals surface area contributed by atoms with E-state index in [1.54, 1.807) is 6.92 Å². The molecule has 0 heterocycles. The highest BCUT2D eigenvalue weighted by molar-refractivity contribution is 5.66. The Morgan fingerprint density at radius 1 is 0.750 bits per heavy atom. The fraction of sp³-hybridized carbons (Fsp3) is 0.952. The first-order valence-corrected chi connectivity index (χ1v) is 10.5. The standard InChI is InChI=1S/C21H28O3/c1-7(22)24-21-14-9-4-2-3-8(9)13-17(14)18-15(21)10-5-6-11-12(10)16(18)19(13)20(11)23/h8-21,23H,2-6H2,1H3/t8-,9+,10+,11+,12-,13-,14+,15-,16+,17-,18-,19-,20+,21+/m0/s1. The lowest BCUT2D eigenvalue weighted by molar-refractivity contribution is -0.152. The fourth-order valence-corrected chi connectivity index (χ4v) is 10.7. The van der Waals surface area contributed by atoms with Crippen molar-refractivity contribution in [3.05, 3.63) is 0 Å². The normalized spacial score (nSPS) is 69.4. The van der Waals surface area contributed by atoms with Gasteiger partial charge in [0.15, 0.2) is 0 Å². The number of hydrogen-bond acceptors (Lipinski definition) is 3. The van der Waals surface area contributed by atoms with Crippen LogP contribution in [0.1, 0.15) is 39.0 Å². The van der Waals surface area contributed by atoms with Gasteiger partial charge in [-0.05, 0) is 84.9 Å². The Bertz CT molecular complexity index is 625. The molecule has 0 spiro atoms. The van der Waals surface area contributed by atoms with Gasteiger partial charge in [0.2, 0.25) is 0 Å². The van der Waals surface area contributed by atoms with E-state index < -0.39 is 0 Å². The third-order valence-electron chi connectivity index (χ3n) is 10.4. The minimum atomic E-state index is -0.0545. The monoisotopic (exact) mass is 328 g/mol. The molecule has 0 saturated heterocycles. The summed E-state index contributed by atoms with van der Waals surface area (Å²) in [5.74, 6) is 8.67. The molecular formula is C21H28O3. The van der Waals surface area contributed by atoms with Gasteiger partial charge in [-0.25, -0.2) is 0 Å². The molecule has 0 aliphatic heterocycles. The van der Waals surface area contributed by atoms with E-state index in [1.165, 1.54) is 32.1 Å². The van der Waals surface area contributed by atoms with Crippen molar-refractivity contribution in [2.24, 2.45) is 71.0 Å². The summed E-state index contributed by atoms with van der Waals surface area (Å²) >= 11 is 0. The molecule has 7 saturated carbocycles. The van der Waals surface area contributed by atoms with Gasteiger partial charge in [0.05, 0.1) is 6.10 Å². The van der Waals surface area contributed by atoms with Gasteiger partial charge in [0.1, 0.15) is 6.10 Å². The maximum absolute atomic E-state index is 11.9. The van der Waals surface area contributed by atoms with E-state index in [1.807, 2.05) is 0 Å². The van der Waals surface area contributed by atoms with Gasteiger partial charge in [-0.1, -0.05) is 6.42 Å². The molecule has 0 amide bonds. The Labute approximate surface area is 143 Å². The number of hydrogen-bond donors (Lipinski definition) is 1. The summed E-state index contributed by atoms with van der Waals surface area (Å²) in [6, 6.07) is 0. The van der Waals surface area contributed by atoms with Crippen LogP contribution >= 0.6 is 0 Å². The lowest BCUT2D eigenvalue weighted by Crippen LogP contribution is -2.35. The predicted molar refractivity (Wildman–Crippen MR) is 86.5 cm³/mol. The number of fused-ring (bicyclic) bond motifs is 5. The zero-order valence-corrected chi connectivity index (χ0v) is 14.4. The Hall–Kier alpha value is -0.570. The lowest BCUT2D eigenvalue weighted by atomic mass is 9.77. The Morgan fingerprint density at radius 3 is 2.17 bits per heavy atom. The van der Waals surface area contributed by atoms with E-state index in [0.717, 1.165) is 47.3 Å². The zero-order chi connectivity index (χ0) is 15.9. The third-order valence-corrected chi connectivity index (χ3v) is 10.4. The Kier molecular flexibility index (Phi) is 2.30. The molecule has 14 atom stereocenters. The molecular weight excluding hydrogens is 300 g/mol. The molecule has 0 radical (unpaired) electrons. The van der Waals surface area contributed by atoms with Crippen LogP contribution in [0.3, 0.4) is 0 Å². The molecule has 130 valence electrons. The molecule has 24 heavy (non-hydrogen) atoms. The first kappa shape index (κ1) is 13.6. The van der Waals surface area contributed by atoms with Crippen LogP contribution in [-0.2, 0) is 9.53 Å². The fourth-order valence-electron chi connectivity index (χ4n) is 10.7. The maximum Gasteiger partial charge on any atom is 0.302 e. The van der Waals surface area contributed by atoms with E-state index >= 15 is 0 Å². The highest BCUT2D eigenvalue weighted by atomic mass is 16.5. The van der Waals surface area contributed by atoms with Gasteiger partial charge >= 0.3 is 5.97 Å². The lowest BCUT2D eigenvalue weighted by Gasteiger charge is -2.31. The van der Waals surface area contributed by atoms with Crippen LogP contribution in [0.4, 0.5) is 0 Å². The van der Waals surface area contributed by atoms with Crippen LogP contribution in [-0.4, -0.2) is 23.3 Å². The number of ether oxygens (including phenoxy) is 1. The average Bonchev–Trinajstić information content (AvgIpc) is 3.27. The largest absolute Gasteiger partial charge is 0.462 e. The van der Waals surface area contributed by atoms with Crippen molar-refractivity contribution in [2.45, 2.75) is 51.2 Å². The van der Waals surface area contributed by atoms with Crippen LogP contribution in [0, 0.1) is 71.0 Å². The van der Waals surface area contributed by atoms with Gasteiger partial charge in [0.25, 0.3) is 0 Å². The molecule has 3 heteroatoms. The molecule has 7 rings (SSSR count). The third kappa shape index (κ3) is 1.20. The second kappa shape index (κ2) is 4.05. The number of esters is 1. The summed E-state index contributed by atoms with van der Waals surface area (Å²) in [5.41, 5.74) is 0. The summed E-state index contributed by atoms with van der Waals surface area (Å²) in [5, 5.41) is 11.2. The first-order chi connectivity index (χ1) is 11.7. The van der Waals surface area contributed by atoms with E-state index in [-0.39, 0.29) is 18.2 Å². The number of aliphatic hydroxyl groups excluding tert-OH is 1. The summed E-state index contributed by atoms with van der Waals surface area (Å²) in [6.07, 6.45) is 6.82. The second-order valence-corrected chi connectivity index (χ2v) is 10.3. The van der Waals surface area contributed by atoms with Crippen LogP contribution in [0.15, 0.2) is 0 Å². The van der Waals surface area contributed by atoms with Gasteiger partial charge in [-0.15, -0.1) is 0 Å². The minimum absolute atomic E-state index is 0.00581. The molecule has 0 bridgehead atoms. The van der Waals surface area contributed by atoms with E-state index in [0.29, 0.717) is 23.7 Å². The van der Waals surface area contributed by atoms with Crippen molar-refractivity contribution in [3.8, 4) is 0 Å². The molecule has 7 fully saturated rings. The zero-order valence-electron chi connectivity index (χ0n) is 14.4. The quantitative estimate of drug-likeness (QED) is 0.753. The van der Waals surface area contributed by atoms with Crippen molar-refractivity contribution in [3.63, 3.8) is 0 Å². The molecule has 3 nitrogen and oxygen atoms in total. The molecule has 0 aromatic heterocycles. The van der Waals surface area contributed by atoms with Crippen LogP contribution in [0.25, 0.3) is 0 Å². The van der Waals surface area contributed by atoms with E-state index in [2.05, 4.69) is 0 Å². The highest BCUT2D eigenvalue weighted by Gasteiger charge is 2.81. The average molecular weight is 328 g/mol. The summed E-state index contributed by atoms with van der Waals surface area (Å²) in [6.45, 7) is 1.62. The minimum Gasteiger partial charge on any atom is -0.462 e. The number of carbonyl (C=O) groups is 1. The number of rotatable bonds is 1. The summed E-state index contributed by atoms with van der Waals surface area (Å²) in [7, 11) is 0. The van der Waals surface area contributed by atoms with Crippen molar-refractivity contribution in [2.75, 3.05) is 0 Å². The summed E-state index contributed by atoms with van der Waals surface area (Å²) < 4.78 is 6.10. The second-order valence-electron chi connectivity index (χ2n) is 10.3. The van der Waals surface area contributed by atoms with Gasteiger partial charge in [0, 0.05) is 18.8 Å². The van der Waals surface area contributed by atoms with Crippen LogP contribution in [0.5, 0.6) is 0 Å². The predicted octanol–water partition coefficient (Wildman–Crippen LogP) is 2.72. The molecule has 7 aliphatic carbocycles. The van der Waals surface area contributed by atoms with Crippen molar-refractivity contribution >= 4 is 5.97 Å². The number of aliphatic hydroxyl groups is 1. The van der Waals surface area contributed by atoms with Crippen LogP contribution in [0.2, 0.25) is 0 Å². The maximum atomic E-state index is 11.9. The smallest absolute Gasteiger partial charge is 0.302 e. The SMILES string of the molecule is CC(=O)O[C@H]1[C@H]2[C@@H]3CC[C@H]4[C@@H](O)[C@H]5[C@H]6[C@H]7CCC[C@H]7[C@@H]1[C@H]6[C@@H]2[C@H]5[C@@H]34. The molecule has 0 aromatic carbocycles. The van der Waals surface area contributed by atoms with Gasteiger partial charge < -0.3 is 9.84 Å². The van der Waals surface area contributed by atoms with Crippen molar-refractivity contribution < 1.29 is 14.6 Å². The van der Waals surface area contributed by atoms with Gasteiger partial charge in [-0.3, -0.25) is 4.79 Å². The topological polar surface area (TPSA) is 46.5 Å². The van der Waals surface area contributed by atoms with Crippen LogP contribution < -0.4 is 0 Å². The Morgan fingerprint density at radius 2 is 1.38 bits per heavy atom. The molecule has 1 N–H and O–H groups in total. The Balaban J connectivity index is 1.42. The van der Waals surface area contributed by atoms with E-state index in [9.17, 15) is 9.90 Å². The molecule has 0 aromatic rings. The number of carbonyl (C=O) groups excluding carboxylic acids is 1. The molecule has 7 aliphatic rings. The molecule has 0 unspecified atom stereocenters. The first-order valence-electron chi connectivity index (χ1n) is 10.5.